The van der Waals surface area contributed by atoms with Crippen LogP contribution in [-0.2, 0) is 0 Å². The first kappa shape index (κ1) is 9.61. The predicted molar refractivity (Wildman–Crippen MR) is 59.3 cm³/mol. The molecule has 2 rings (SSSR count). The molecule has 14 heavy (non-hydrogen) atoms. The number of rotatable bonds is 3. The second-order valence-electron chi connectivity index (χ2n) is 2.68. The lowest BCUT2D eigenvalue weighted by atomic mass is 10.4. The SMILES string of the molecule is Cc1nc(SSc2ccccc2)n[nH]1. The summed E-state index contributed by atoms with van der Waals surface area (Å²) in [5.74, 6) is 0.848. The zero-order valence-electron chi connectivity index (χ0n) is 7.60. The quantitative estimate of drug-likeness (QED) is 0.812. The molecular weight excluding hydrogens is 214 g/mol. The molecule has 72 valence electrons. The average molecular weight is 223 g/mol. The first-order chi connectivity index (χ1) is 6.84. The molecule has 0 saturated heterocycles. The highest BCUT2D eigenvalue weighted by Gasteiger charge is 2.01. The number of aromatic amines is 1. The van der Waals surface area contributed by atoms with Crippen molar-refractivity contribution in [2.45, 2.75) is 17.0 Å². The Kier molecular flexibility index (Phi) is 3.10. The summed E-state index contributed by atoms with van der Waals surface area (Å²) >= 11 is 0. The highest BCUT2D eigenvalue weighted by atomic mass is 33.1. The van der Waals surface area contributed by atoms with Crippen LogP contribution in [0, 0.1) is 6.92 Å². The van der Waals surface area contributed by atoms with Gasteiger partial charge in [0.1, 0.15) is 5.82 Å². The summed E-state index contributed by atoms with van der Waals surface area (Å²) in [7, 11) is 3.22. The zero-order chi connectivity index (χ0) is 9.80. The first-order valence-electron chi connectivity index (χ1n) is 4.13. The fourth-order valence-electron chi connectivity index (χ4n) is 0.921. The van der Waals surface area contributed by atoms with Gasteiger partial charge in [0.05, 0.1) is 0 Å². The fourth-order valence-corrected chi connectivity index (χ4v) is 2.69. The molecule has 1 heterocycles. The lowest BCUT2D eigenvalue weighted by Crippen LogP contribution is -1.71. The topological polar surface area (TPSA) is 41.6 Å². The van der Waals surface area contributed by atoms with Gasteiger partial charge in [-0.25, -0.2) is 4.98 Å². The maximum atomic E-state index is 4.20. The molecule has 0 atom stereocenters. The van der Waals surface area contributed by atoms with E-state index in [2.05, 4.69) is 27.3 Å². The van der Waals surface area contributed by atoms with Gasteiger partial charge in [0.15, 0.2) is 0 Å². The molecule has 0 saturated carbocycles. The van der Waals surface area contributed by atoms with Crippen molar-refractivity contribution in [3.05, 3.63) is 36.2 Å². The number of aryl methyl sites for hydroxylation is 1. The lowest BCUT2D eigenvalue weighted by molar-refractivity contribution is 0.974. The molecule has 0 fully saturated rings. The van der Waals surface area contributed by atoms with Gasteiger partial charge in [-0.05, 0) is 40.6 Å². The van der Waals surface area contributed by atoms with Crippen LogP contribution in [0.4, 0.5) is 0 Å². The van der Waals surface area contributed by atoms with E-state index in [1.54, 1.807) is 21.6 Å². The van der Waals surface area contributed by atoms with Gasteiger partial charge < -0.3 is 0 Å². The minimum Gasteiger partial charge on any atom is -0.262 e. The molecule has 0 unspecified atom stereocenters. The van der Waals surface area contributed by atoms with Crippen LogP contribution in [-0.4, -0.2) is 15.2 Å². The van der Waals surface area contributed by atoms with E-state index in [4.69, 9.17) is 0 Å². The van der Waals surface area contributed by atoms with Crippen LogP contribution in [0.15, 0.2) is 40.4 Å². The van der Waals surface area contributed by atoms with Crippen LogP contribution in [0.3, 0.4) is 0 Å². The molecule has 0 radical (unpaired) electrons. The molecular formula is C9H9N3S2. The van der Waals surface area contributed by atoms with Gasteiger partial charge in [0, 0.05) is 4.90 Å². The molecule has 0 aliphatic rings. The van der Waals surface area contributed by atoms with Crippen molar-refractivity contribution >= 4 is 21.6 Å². The highest BCUT2D eigenvalue weighted by Crippen LogP contribution is 2.34. The number of hydrogen-bond donors (Lipinski definition) is 1. The number of aromatic nitrogens is 3. The summed E-state index contributed by atoms with van der Waals surface area (Å²) in [6, 6.07) is 10.2. The van der Waals surface area contributed by atoms with Crippen LogP contribution in [0.5, 0.6) is 0 Å². The minimum absolute atomic E-state index is 0.774. The smallest absolute Gasteiger partial charge is 0.219 e. The van der Waals surface area contributed by atoms with Gasteiger partial charge in [-0.1, -0.05) is 18.2 Å². The average Bonchev–Trinajstić information content (AvgIpc) is 2.63. The third-order valence-electron chi connectivity index (χ3n) is 1.53. The van der Waals surface area contributed by atoms with Gasteiger partial charge in [0.2, 0.25) is 5.16 Å². The van der Waals surface area contributed by atoms with Crippen molar-refractivity contribution in [2.75, 3.05) is 0 Å². The van der Waals surface area contributed by atoms with Crippen LogP contribution < -0.4 is 0 Å². The summed E-state index contributed by atoms with van der Waals surface area (Å²) < 4.78 is 0. The first-order valence-corrected chi connectivity index (χ1v) is 6.28. The van der Waals surface area contributed by atoms with Gasteiger partial charge in [-0.15, -0.1) is 5.10 Å². The van der Waals surface area contributed by atoms with E-state index in [1.165, 1.54) is 4.90 Å². The van der Waals surface area contributed by atoms with E-state index in [-0.39, 0.29) is 0 Å². The number of nitrogens with one attached hydrogen (secondary N) is 1. The molecule has 0 bridgehead atoms. The van der Waals surface area contributed by atoms with Crippen molar-refractivity contribution in [3.8, 4) is 0 Å². The normalized spacial score (nSPS) is 10.4. The van der Waals surface area contributed by atoms with E-state index in [0.717, 1.165) is 11.0 Å². The Hall–Kier alpha value is -0.940. The molecule has 1 aromatic carbocycles. The van der Waals surface area contributed by atoms with Crippen molar-refractivity contribution in [2.24, 2.45) is 0 Å². The molecule has 0 spiro atoms. The lowest BCUT2D eigenvalue weighted by Gasteiger charge is -1.95. The third kappa shape index (κ3) is 2.52. The van der Waals surface area contributed by atoms with E-state index < -0.39 is 0 Å². The van der Waals surface area contributed by atoms with E-state index in [0.29, 0.717) is 0 Å². The Bertz CT molecular complexity index is 399. The van der Waals surface area contributed by atoms with E-state index in [1.807, 2.05) is 25.1 Å². The zero-order valence-corrected chi connectivity index (χ0v) is 9.23. The monoisotopic (exact) mass is 223 g/mol. The van der Waals surface area contributed by atoms with Crippen LogP contribution in [0.1, 0.15) is 5.82 Å². The molecule has 3 nitrogen and oxygen atoms in total. The van der Waals surface area contributed by atoms with Crippen molar-refractivity contribution in [3.63, 3.8) is 0 Å². The van der Waals surface area contributed by atoms with Crippen molar-refractivity contribution in [1.29, 1.82) is 0 Å². The Labute approximate surface area is 90.1 Å². The van der Waals surface area contributed by atoms with Gasteiger partial charge in [-0.2, -0.15) is 0 Å². The summed E-state index contributed by atoms with van der Waals surface area (Å²) in [4.78, 5) is 5.41. The van der Waals surface area contributed by atoms with Crippen molar-refractivity contribution < 1.29 is 0 Å². The molecule has 1 aromatic heterocycles. The van der Waals surface area contributed by atoms with Gasteiger partial charge in [0.25, 0.3) is 0 Å². The molecule has 0 amide bonds. The summed E-state index contributed by atoms with van der Waals surface area (Å²) in [6.07, 6.45) is 0. The highest BCUT2D eigenvalue weighted by molar-refractivity contribution is 8.76. The maximum absolute atomic E-state index is 4.20. The van der Waals surface area contributed by atoms with Crippen LogP contribution >= 0.6 is 21.6 Å². The number of nitrogens with zero attached hydrogens (tertiary/aromatic N) is 2. The molecule has 1 N–H and O–H groups in total. The summed E-state index contributed by atoms with van der Waals surface area (Å²) in [5, 5.41) is 7.62. The van der Waals surface area contributed by atoms with Crippen LogP contribution in [0.2, 0.25) is 0 Å². The Morgan fingerprint density at radius 3 is 2.57 bits per heavy atom. The number of H-pyrrole nitrogens is 1. The number of benzene rings is 1. The Morgan fingerprint density at radius 2 is 1.93 bits per heavy atom. The van der Waals surface area contributed by atoms with Crippen LogP contribution in [0.25, 0.3) is 0 Å². The van der Waals surface area contributed by atoms with Crippen molar-refractivity contribution in [1.82, 2.24) is 15.2 Å². The Morgan fingerprint density at radius 1 is 1.14 bits per heavy atom. The second kappa shape index (κ2) is 4.52. The van der Waals surface area contributed by atoms with E-state index in [9.17, 15) is 0 Å². The molecule has 2 aromatic rings. The maximum Gasteiger partial charge on any atom is 0.219 e. The molecule has 5 heteroatoms. The fraction of sp³-hybridized carbons (Fsp3) is 0.111. The molecule has 0 aliphatic heterocycles. The largest absolute Gasteiger partial charge is 0.262 e. The van der Waals surface area contributed by atoms with Gasteiger partial charge in [-0.3, -0.25) is 5.10 Å². The Balaban J connectivity index is 1.95. The predicted octanol–water partition coefficient (Wildman–Crippen LogP) is 2.91. The standard InChI is InChI=1S/C9H9N3S2/c1-7-10-9(12-11-7)14-13-8-5-3-2-4-6-8/h2-6H,1H3,(H,10,11,12). The third-order valence-corrected chi connectivity index (χ3v) is 3.69. The molecule has 0 aliphatic carbocycles. The minimum atomic E-state index is 0.774. The van der Waals surface area contributed by atoms with E-state index >= 15 is 0 Å². The van der Waals surface area contributed by atoms with Gasteiger partial charge >= 0.3 is 0 Å². The summed E-state index contributed by atoms with van der Waals surface area (Å²) in [5.41, 5.74) is 0. The number of hydrogen-bond acceptors (Lipinski definition) is 4. The second-order valence-corrected chi connectivity index (χ2v) is 4.85. The summed E-state index contributed by atoms with van der Waals surface area (Å²) in [6.45, 7) is 1.89.